The molecule has 0 bridgehead atoms. The number of fused-ring (bicyclic) bond motifs is 3. The Balaban J connectivity index is 1.50. The number of nitrogens with one attached hydrogen (secondary N) is 2. The minimum atomic E-state index is -0.235. The highest BCUT2D eigenvalue weighted by atomic mass is 32.2. The number of H-pyrrole nitrogens is 1. The van der Waals surface area contributed by atoms with Gasteiger partial charge in [0.05, 0.1) is 11.1 Å². The zero-order valence-electron chi connectivity index (χ0n) is 16.4. The van der Waals surface area contributed by atoms with Crippen molar-refractivity contribution in [3.63, 3.8) is 0 Å². The highest BCUT2D eigenvalue weighted by Crippen LogP contribution is 2.35. The van der Waals surface area contributed by atoms with Gasteiger partial charge in [-0.05, 0) is 55.4 Å². The third-order valence-electron chi connectivity index (χ3n) is 5.21. The fourth-order valence-corrected chi connectivity index (χ4v) is 6.10. The molecule has 8 heteroatoms. The zero-order valence-corrected chi connectivity index (χ0v) is 18.9. The van der Waals surface area contributed by atoms with Gasteiger partial charge < -0.3 is 4.98 Å². The van der Waals surface area contributed by atoms with E-state index in [1.807, 2.05) is 6.92 Å². The molecule has 1 aliphatic rings. The number of hydrogen-bond acceptors (Lipinski definition) is 5. The van der Waals surface area contributed by atoms with Crippen molar-refractivity contribution in [1.82, 2.24) is 9.66 Å². The first-order chi connectivity index (χ1) is 13.9. The molecular weight excluding hydrogens is 422 g/mol. The molecule has 0 spiro atoms. The van der Waals surface area contributed by atoms with Crippen LogP contribution in [0.3, 0.4) is 0 Å². The van der Waals surface area contributed by atoms with Crippen molar-refractivity contribution in [1.29, 1.82) is 0 Å². The maximum absolute atomic E-state index is 13.1. The van der Waals surface area contributed by atoms with Gasteiger partial charge in [0.2, 0.25) is 10.7 Å². The van der Waals surface area contributed by atoms with Crippen molar-refractivity contribution in [3.05, 3.63) is 61.0 Å². The molecule has 4 rings (SSSR count). The number of hydrogen-bond donors (Lipinski definition) is 2. The molecular formula is C21H23N3O2S3. The molecule has 0 radical (unpaired) electrons. The SMILES string of the molecule is Cc1ccc(CSCC(=O)Nn2c(=S)[nH]c3sc4c(c3c2=O)CC[C@H](C)C4)cc1. The third-order valence-corrected chi connectivity index (χ3v) is 7.67. The van der Waals surface area contributed by atoms with Gasteiger partial charge in [0.1, 0.15) is 4.83 Å². The van der Waals surface area contributed by atoms with Crippen LogP contribution in [-0.4, -0.2) is 21.3 Å². The van der Waals surface area contributed by atoms with E-state index < -0.39 is 0 Å². The molecule has 0 fully saturated rings. The summed E-state index contributed by atoms with van der Waals surface area (Å²) in [6, 6.07) is 8.25. The number of benzene rings is 1. The lowest BCUT2D eigenvalue weighted by Crippen LogP contribution is -2.35. The van der Waals surface area contributed by atoms with Gasteiger partial charge in [0.25, 0.3) is 5.56 Å². The smallest absolute Gasteiger partial charge is 0.282 e. The van der Waals surface area contributed by atoms with Crippen LogP contribution < -0.4 is 11.0 Å². The van der Waals surface area contributed by atoms with E-state index in [4.69, 9.17) is 12.2 Å². The van der Waals surface area contributed by atoms with Gasteiger partial charge in [-0.15, -0.1) is 23.1 Å². The van der Waals surface area contributed by atoms with E-state index in [1.54, 1.807) is 11.3 Å². The van der Waals surface area contributed by atoms with Gasteiger partial charge in [-0.2, -0.15) is 4.68 Å². The molecule has 2 N–H and O–H groups in total. The Kier molecular flexibility index (Phi) is 5.94. The van der Waals surface area contributed by atoms with E-state index in [0.29, 0.717) is 11.3 Å². The number of aryl methyl sites for hydroxylation is 2. The molecule has 1 aliphatic carbocycles. The minimum absolute atomic E-state index is 0.228. The summed E-state index contributed by atoms with van der Waals surface area (Å²) in [6.07, 6.45) is 2.98. The van der Waals surface area contributed by atoms with Gasteiger partial charge in [-0.25, -0.2) is 0 Å². The van der Waals surface area contributed by atoms with Crippen molar-refractivity contribution >= 4 is 51.4 Å². The van der Waals surface area contributed by atoms with Gasteiger partial charge in [0, 0.05) is 10.6 Å². The van der Waals surface area contributed by atoms with Crippen LogP contribution in [0, 0.1) is 17.6 Å². The van der Waals surface area contributed by atoms with Gasteiger partial charge >= 0.3 is 0 Å². The Bertz CT molecular complexity index is 1170. The second kappa shape index (κ2) is 8.45. The Morgan fingerprint density at radius 2 is 2.14 bits per heavy atom. The number of thioether (sulfide) groups is 1. The summed E-state index contributed by atoms with van der Waals surface area (Å²) in [7, 11) is 0. The van der Waals surface area contributed by atoms with Crippen molar-refractivity contribution in [3.8, 4) is 0 Å². The summed E-state index contributed by atoms with van der Waals surface area (Å²) < 4.78 is 1.42. The van der Waals surface area contributed by atoms with Crippen molar-refractivity contribution in [2.75, 3.05) is 11.2 Å². The Hall–Kier alpha value is -1.90. The van der Waals surface area contributed by atoms with Crippen molar-refractivity contribution in [2.45, 2.75) is 38.9 Å². The van der Waals surface area contributed by atoms with Crippen molar-refractivity contribution < 1.29 is 4.79 Å². The minimum Gasteiger partial charge on any atom is -0.322 e. The van der Waals surface area contributed by atoms with E-state index in [-0.39, 0.29) is 22.0 Å². The summed E-state index contributed by atoms with van der Waals surface area (Å²) in [5.74, 6) is 1.39. The predicted octanol–water partition coefficient (Wildman–Crippen LogP) is 4.56. The number of aromatic amines is 1. The number of amides is 1. The van der Waals surface area contributed by atoms with Gasteiger partial charge in [0.15, 0.2) is 0 Å². The number of nitrogens with zero attached hydrogens (tertiary/aromatic N) is 1. The predicted molar refractivity (Wildman–Crippen MR) is 124 cm³/mol. The van der Waals surface area contributed by atoms with E-state index in [0.717, 1.165) is 35.4 Å². The molecule has 2 aromatic heterocycles. The third kappa shape index (κ3) is 4.34. The van der Waals surface area contributed by atoms with Crippen molar-refractivity contribution in [2.24, 2.45) is 5.92 Å². The summed E-state index contributed by atoms with van der Waals surface area (Å²) in [5, 5.41) is 0.679. The molecule has 1 atom stereocenters. The number of aromatic nitrogens is 2. The summed E-state index contributed by atoms with van der Waals surface area (Å²) >= 11 is 8.47. The summed E-state index contributed by atoms with van der Waals surface area (Å²) in [6.45, 7) is 4.29. The topological polar surface area (TPSA) is 66.9 Å². The number of carbonyl (C=O) groups excluding carboxylic acids is 1. The maximum Gasteiger partial charge on any atom is 0.282 e. The number of rotatable bonds is 5. The second-order valence-corrected chi connectivity index (χ2v) is 10.1. The Morgan fingerprint density at radius 3 is 2.90 bits per heavy atom. The lowest BCUT2D eigenvalue weighted by Gasteiger charge is -2.17. The molecule has 0 saturated heterocycles. The van der Waals surface area contributed by atoms with Gasteiger partial charge in [-0.3, -0.25) is 15.0 Å². The number of carbonyl (C=O) groups is 1. The van der Waals surface area contributed by atoms with Crippen LogP contribution in [0.25, 0.3) is 10.2 Å². The van der Waals surface area contributed by atoms with E-state index in [9.17, 15) is 9.59 Å². The molecule has 0 aliphatic heterocycles. The van der Waals surface area contributed by atoms with Crippen LogP contribution in [0.4, 0.5) is 0 Å². The fraction of sp³-hybridized carbons (Fsp3) is 0.381. The highest BCUT2D eigenvalue weighted by Gasteiger charge is 2.23. The quantitative estimate of drug-likeness (QED) is 0.565. The molecule has 0 saturated carbocycles. The maximum atomic E-state index is 13.1. The molecule has 1 amide bonds. The first kappa shape index (κ1) is 20.4. The largest absolute Gasteiger partial charge is 0.322 e. The van der Waals surface area contributed by atoms with Crippen LogP contribution in [0.5, 0.6) is 0 Å². The monoisotopic (exact) mass is 445 g/mol. The molecule has 0 unspecified atom stereocenters. The highest BCUT2D eigenvalue weighted by molar-refractivity contribution is 7.99. The molecule has 2 heterocycles. The Morgan fingerprint density at radius 1 is 1.38 bits per heavy atom. The van der Waals surface area contributed by atoms with Gasteiger partial charge in [-0.1, -0.05) is 36.8 Å². The second-order valence-electron chi connectivity index (χ2n) is 7.64. The van der Waals surface area contributed by atoms with Crippen LogP contribution in [-0.2, 0) is 23.4 Å². The summed E-state index contributed by atoms with van der Waals surface area (Å²) in [5.41, 5.74) is 5.96. The average molecular weight is 446 g/mol. The fourth-order valence-electron chi connectivity index (χ4n) is 3.63. The molecule has 3 aromatic rings. The molecule has 5 nitrogen and oxygen atoms in total. The first-order valence-corrected chi connectivity index (χ1v) is 12.0. The first-order valence-electron chi connectivity index (χ1n) is 9.65. The van der Waals surface area contributed by atoms with Crippen LogP contribution in [0.15, 0.2) is 29.1 Å². The molecule has 29 heavy (non-hydrogen) atoms. The Labute approximate surface area is 182 Å². The average Bonchev–Trinajstić information content (AvgIpc) is 3.03. The molecule has 1 aromatic carbocycles. The van der Waals surface area contributed by atoms with E-state index in [1.165, 1.54) is 32.4 Å². The standard InChI is InChI=1S/C21H23N3O2S3/c1-12-3-6-14(7-4-12)10-28-11-17(25)23-24-20(26)18-15-8-5-13(2)9-16(15)29-19(18)22-21(24)27/h3-4,6-7,13H,5,8-11H2,1-2H3,(H,22,27)(H,23,25)/t13-/m0/s1. The zero-order chi connectivity index (χ0) is 20.5. The summed E-state index contributed by atoms with van der Waals surface area (Å²) in [4.78, 5) is 30.7. The lowest BCUT2D eigenvalue weighted by molar-refractivity contribution is -0.114. The van der Waals surface area contributed by atoms with Crippen LogP contribution in [0.2, 0.25) is 0 Å². The number of thiophene rings is 1. The van der Waals surface area contributed by atoms with E-state index in [2.05, 4.69) is 41.6 Å². The lowest BCUT2D eigenvalue weighted by atomic mass is 9.89. The van der Waals surface area contributed by atoms with E-state index >= 15 is 0 Å². The van der Waals surface area contributed by atoms with Crippen LogP contribution >= 0.6 is 35.3 Å². The molecule has 152 valence electrons. The van der Waals surface area contributed by atoms with Crippen LogP contribution in [0.1, 0.15) is 34.9 Å². The normalized spacial score (nSPS) is 16.0.